The van der Waals surface area contributed by atoms with Crippen molar-refractivity contribution >= 4 is 17.0 Å². The normalized spacial score (nSPS) is 12.7. The molecular weight excluding hydrogens is 380 g/mol. The fraction of sp³-hybridized carbons (Fsp3) is 0.444. The van der Waals surface area contributed by atoms with Crippen molar-refractivity contribution in [2.24, 2.45) is 4.99 Å². The lowest BCUT2D eigenvalue weighted by Gasteiger charge is -2.06. The number of aliphatic imine (C=N–C) groups is 1. The summed E-state index contributed by atoms with van der Waals surface area (Å²) in [6.07, 6.45) is -0.0405. The van der Waals surface area contributed by atoms with E-state index in [9.17, 15) is 17.6 Å². The Kier molecular flexibility index (Phi) is 10.6. The molecule has 1 heterocycles. The van der Waals surface area contributed by atoms with E-state index in [1.165, 1.54) is 11.3 Å². The Morgan fingerprint density at radius 1 is 1.37 bits per heavy atom. The van der Waals surface area contributed by atoms with Gasteiger partial charge < -0.3 is 5.32 Å². The molecule has 0 radical (unpaired) electrons. The Bertz CT molecular complexity index is 668. The van der Waals surface area contributed by atoms with Crippen LogP contribution in [0, 0.1) is 0 Å². The zero-order valence-corrected chi connectivity index (χ0v) is 16.0. The van der Waals surface area contributed by atoms with Crippen molar-refractivity contribution in [3.05, 3.63) is 52.7 Å². The van der Waals surface area contributed by atoms with Crippen molar-refractivity contribution in [3.63, 3.8) is 0 Å². The number of thiazole rings is 1. The van der Waals surface area contributed by atoms with Crippen molar-refractivity contribution in [1.29, 1.82) is 0 Å². The maximum atomic E-state index is 12.6. The lowest BCUT2D eigenvalue weighted by molar-refractivity contribution is 0.138. The van der Waals surface area contributed by atoms with Gasteiger partial charge >= 0.3 is 0 Å². The molecule has 1 aromatic rings. The van der Waals surface area contributed by atoms with Crippen molar-refractivity contribution in [3.8, 4) is 0 Å². The van der Waals surface area contributed by atoms with E-state index in [4.69, 9.17) is 0 Å². The summed E-state index contributed by atoms with van der Waals surface area (Å²) in [4.78, 5) is 9.03. The molecule has 4 nitrogen and oxygen atoms in total. The van der Waals surface area contributed by atoms with Gasteiger partial charge in [-0.3, -0.25) is 10.3 Å². The van der Waals surface area contributed by atoms with Gasteiger partial charge in [0.15, 0.2) is 0 Å². The summed E-state index contributed by atoms with van der Waals surface area (Å²) in [5, 5.41) is 6.87. The number of nitrogens with one attached hydrogen (secondary N) is 2. The molecule has 0 bridgehead atoms. The van der Waals surface area contributed by atoms with E-state index in [1.54, 1.807) is 25.5 Å². The van der Waals surface area contributed by atoms with Crippen LogP contribution >= 0.6 is 11.3 Å². The maximum absolute atomic E-state index is 12.6. The van der Waals surface area contributed by atoms with Crippen LogP contribution in [0.5, 0.6) is 0 Å². The predicted octanol–water partition coefficient (Wildman–Crippen LogP) is 4.53. The Hall–Kier alpha value is -2.00. The van der Waals surface area contributed by atoms with Crippen molar-refractivity contribution in [2.45, 2.75) is 38.7 Å². The molecule has 0 aliphatic carbocycles. The summed E-state index contributed by atoms with van der Waals surface area (Å²) < 4.78 is 49.7. The first-order valence-corrected chi connectivity index (χ1v) is 9.09. The summed E-state index contributed by atoms with van der Waals surface area (Å²) in [5.41, 5.74) is 1.06. The van der Waals surface area contributed by atoms with E-state index in [1.807, 2.05) is 0 Å². The Morgan fingerprint density at radius 2 is 2.11 bits per heavy atom. The third-order valence-corrected chi connectivity index (χ3v) is 4.56. The molecule has 0 atom stereocenters. The third kappa shape index (κ3) is 8.96. The van der Waals surface area contributed by atoms with E-state index < -0.39 is 12.9 Å². The Labute approximate surface area is 160 Å². The molecule has 0 amide bonds. The summed E-state index contributed by atoms with van der Waals surface area (Å²) >= 11 is 1.37. The smallest absolute Gasteiger partial charge is 0.260 e. The van der Waals surface area contributed by atoms with Crippen LogP contribution in [0.2, 0.25) is 0 Å². The van der Waals surface area contributed by atoms with Gasteiger partial charge in [-0.1, -0.05) is 19.2 Å². The topological polar surface area (TPSA) is 49.3 Å². The first-order chi connectivity index (χ1) is 12.9. The molecule has 0 unspecified atom stereocenters. The van der Waals surface area contributed by atoms with Crippen molar-refractivity contribution in [2.75, 3.05) is 13.7 Å². The molecule has 2 N–H and O–H groups in total. The Morgan fingerprint density at radius 3 is 2.70 bits per heavy atom. The van der Waals surface area contributed by atoms with E-state index in [-0.39, 0.29) is 24.8 Å². The summed E-state index contributed by atoms with van der Waals surface area (Å²) in [6, 6.07) is 0. The number of allylic oxidation sites excluding steroid dienone is 3. The monoisotopic (exact) mass is 404 g/mol. The summed E-state index contributed by atoms with van der Waals surface area (Å²) in [6.45, 7) is 7.85. The van der Waals surface area contributed by atoms with Gasteiger partial charge in [-0.25, -0.2) is 22.5 Å². The second-order valence-electron chi connectivity index (χ2n) is 5.59. The highest BCUT2D eigenvalue weighted by Gasteiger charge is 2.14. The molecule has 0 saturated heterocycles. The largest absolute Gasteiger partial charge is 0.378 e. The standard InChI is InChI=1S/C18H24F4N4S/c1-4-13(5-6-16(19)20)8-24-11-25-10-17-26-9-15(27-17)14(23-3)7-12(2)18(21)22/h4,8-9,16,18,24-25H,1-2,5-7,10-11H2,3H3/b13-8+,23-14?. The van der Waals surface area contributed by atoms with Crippen LogP contribution in [0.25, 0.3) is 0 Å². The summed E-state index contributed by atoms with van der Waals surface area (Å²) in [7, 11) is 1.55. The highest BCUT2D eigenvalue weighted by molar-refractivity contribution is 7.13. The highest BCUT2D eigenvalue weighted by Crippen LogP contribution is 2.20. The molecule has 9 heteroatoms. The minimum Gasteiger partial charge on any atom is -0.378 e. The molecule has 150 valence electrons. The second kappa shape index (κ2) is 12.4. The molecule has 0 aliphatic heterocycles. The molecule has 0 fully saturated rings. The zero-order chi connectivity index (χ0) is 20.2. The van der Waals surface area contributed by atoms with Crippen LogP contribution in [0.1, 0.15) is 29.1 Å². The van der Waals surface area contributed by atoms with Gasteiger partial charge in [0.1, 0.15) is 5.01 Å². The molecule has 1 aromatic heterocycles. The van der Waals surface area contributed by atoms with Crippen LogP contribution in [0.15, 0.2) is 47.8 Å². The summed E-state index contributed by atoms with van der Waals surface area (Å²) in [5.74, 6) is 0. The molecular formula is C18H24F4N4S. The van der Waals surface area contributed by atoms with Gasteiger partial charge in [0.05, 0.1) is 17.3 Å². The first kappa shape index (κ1) is 23.0. The zero-order valence-electron chi connectivity index (χ0n) is 15.2. The van der Waals surface area contributed by atoms with Gasteiger partial charge in [-0.15, -0.1) is 11.3 Å². The molecule has 27 heavy (non-hydrogen) atoms. The van der Waals surface area contributed by atoms with Gasteiger partial charge in [0.2, 0.25) is 6.43 Å². The van der Waals surface area contributed by atoms with Crippen LogP contribution in [-0.2, 0) is 6.54 Å². The van der Waals surface area contributed by atoms with Crippen molar-refractivity contribution < 1.29 is 17.6 Å². The van der Waals surface area contributed by atoms with E-state index in [2.05, 4.69) is 33.8 Å². The SMILES string of the molecule is C=C/C(=C\NCNCc1ncc(C(CC(=C)C(F)F)=NC)s1)CCC(F)F. The molecule has 0 saturated carbocycles. The van der Waals surface area contributed by atoms with E-state index in [0.717, 1.165) is 9.88 Å². The van der Waals surface area contributed by atoms with Crippen LogP contribution in [0.4, 0.5) is 17.6 Å². The number of rotatable bonds is 13. The number of aromatic nitrogens is 1. The highest BCUT2D eigenvalue weighted by atomic mass is 32.1. The van der Waals surface area contributed by atoms with Crippen LogP contribution in [-0.4, -0.2) is 37.3 Å². The minimum absolute atomic E-state index is 0.0124. The average Bonchev–Trinajstić information content (AvgIpc) is 3.10. The molecule has 1 rings (SSSR count). The van der Waals surface area contributed by atoms with Crippen LogP contribution in [0.3, 0.4) is 0 Å². The van der Waals surface area contributed by atoms with Gasteiger partial charge in [0.25, 0.3) is 6.43 Å². The molecule has 0 aromatic carbocycles. The first-order valence-electron chi connectivity index (χ1n) is 8.27. The Balaban J connectivity index is 2.44. The lowest BCUT2D eigenvalue weighted by Crippen LogP contribution is -2.25. The van der Waals surface area contributed by atoms with E-state index in [0.29, 0.717) is 24.5 Å². The number of alkyl halides is 4. The maximum Gasteiger partial charge on any atom is 0.260 e. The minimum atomic E-state index is -2.57. The van der Waals surface area contributed by atoms with Gasteiger partial charge in [0, 0.05) is 38.8 Å². The van der Waals surface area contributed by atoms with Crippen molar-refractivity contribution in [1.82, 2.24) is 15.6 Å². The number of hydrogen-bond acceptors (Lipinski definition) is 5. The van der Waals surface area contributed by atoms with E-state index >= 15 is 0 Å². The fourth-order valence-corrected chi connectivity index (χ4v) is 2.95. The third-order valence-electron chi connectivity index (χ3n) is 3.52. The number of halogens is 4. The van der Waals surface area contributed by atoms with Gasteiger partial charge in [-0.2, -0.15) is 0 Å². The van der Waals surface area contributed by atoms with Gasteiger partial charge in [-0.05, 0) is 17.6 Å². The lowest BCUT2D eigenvalue weighted by atomic mass is 10.1. The fourth-order valence-electron chi connectivity index (χ4n) is 2.03. The quantitative estimate of drug-likeness (QED) is 0.127. The predicted molar refractivity (Wildman–Crippen MR) is 103 cm³/mol. The van der Waals surface area contributed by atoms with Crippen LogP contribution < -0.4 is 10.6 Å². The average molecular weight is 404 g/mol. The molecule has 0 aliphatic rings. The second-order valence-corrected chi connectivity index (χ2v) is 6.70. The molecule has 0 spiro atoms. The number of nitrogens with zero attached hydrogens (tertiary/aromatic N) is 2. The number of hydrogen-bond donors (Lipinski definition) is 2.